The molecule has 0 bridgehead atoms. The van der Waals surface area contributed by atoms with Crippen LogP contribution in [0.1, 0.15) is 33.6 Å². The molecule has 2 amide bonds. The number of amides is 2. The lowest BCUT2D eigenvalue weighted by Gasteiger charge is -2.17. The van der Waals surface area contributed by atoms with Crippen molar-refractivity contribution in [2.24, 2.45) is 5.41 Å². The first-order valence-electron chi connectivity index (χ1n) is 7.15. The van der Waals surface area contributed by atoms with E-state index in [0.717, 1.165) is 0 Å². The van der Waals surface area contributed by atoms with Gasteiger partial charge in [-0.3, -0.25) is 9.59 Å². The number of carbonyl (C=O) groups excluding carboxylic acids is 2. The molecular formula is C16H23ClN2O3. The molecule has 6 heteroatoms. The lowest BCUT2D eigenvalue weighted by atomic mass is 9.96. The Hall–Kier alpha value is -1.75. The average Bonchev–Trinajstić information content (AvgIpc) is 2.42. The molecule has 0 atom stereocenters. The Morgan fingerprint density at radius 1 is 1.27 bits per heavy atom. The molecule has 0 spiro atoms. The van der Waals surface area contributed by atoms with Crippen LogP contribution < -0.4 is 15.4 Å². The maximum absolute atomic E-state index is 11.8. The topological polar surface area (TPSA) is 67.4 Å². The van der Waals surface area contributed by atoms with E-state index in [9.17, 15) is 9.59 Å². The summed E-state index contributed by atoms with van der Waals surface area (Å²) in [6, 6.07) is 5.06. The van der Waals surface area contributed by atoms with Crippen LogP contribution >= 0.6 is 11.6 Å². The van der Waals surface area contributed by atoms with E-state index in [2.05, 4.69) is 10.6 Å². The number of rotatable bonds is 6. The Balaban J connectivity index is 2.35. The van der Waals surface area contributed by atoms with Gasteiger partial charge in [0.1, 0.15) is 5.75 Å². The molecule has 1 aromatic carbocycles. The minimum absolute atomic E-state index is 0.0187. The van der Waals surface area contributed by atoms with Gasteiger partial charge in [0.25, 0.3) is 0 Å². The SMILES string of the molecule is COc1ccc(NC(=O)CCCNC(=O)C(C)(C)C)cc1Cl. The number of anilines is 1. The van der Waals surface area contributed by atoms with Gasteiger partial charge in [0, 0.05) is 24.1 Å². The van der Waals surface area contributed by atoms with Crippen LogP contribution in [0.2, 0.25) is 5.02 Å². The molecule has 0 heterocycles. The van der Waals surface area contributed by atoms with Crippen molar-refractivity contribution in [3.8, 4) is 5.75 Å². The molecule has 0 saturated heterocycles. The first-order chi connectivity index (χ1) is 10.2. The number of hydrogen-bond acceptors (Lipinski definition) is 3. The fraction of sp³-hybridized carbons (Fsp3) is 0.500. The highest BCUT2D eigenvalue weighted by atomic mass is 35.5. The van der Waals surface area contributed by atoms with Crippen molar-refractivity contribution in [2.45, 2.75) is 33.6 Å². The van der Waals surface area contributed by atoms with Gasteiger partial charge in [-0.1, -0.05) is 32.4 Å². The molecule has 22 heavy (non-hydrogen) atoms. The molecule has 1 aromatic rings. The number of ether oxygens (including phenoxy) is 1. The third-order valence-electron chi connectivity index (χ3n) is 2.98. The summed E-state index contributed by atoms with van der Waals surface area (Å²) in [6.45, 7) is 6.03. The van der Waals surface area contributed by atoms with Crippen molar-refractivity contribution in [1.29, 1.82) is 0 Å². The highest BCUT2D eigenvalue weighted by Crippen LogP contribution is 2.27. The molecule has 1 rings (SSSR count). The highest BCUT2D eigenvalue weighted by molar-refractivity contribution is 6.32. The second-order valence-electron chi connectivity index (χ2n) is 6.01. The minimum Gasteiger partial charge on any atom is -0.495 e. The first kappa shape index (κ1) is 18.3. The highest BCUT2D eigenvalue weighted by Gasteiger charge is 2.20. The predicted octanol–water partition coefficient (Wildman–Crippen LogP) is 3.23. The van der Waals surface area contributed by atoms with E-state index >= 15 is 0 Å². The van der Waals surface area contributed by atoms with Gasteiger partial charge in [-0.2, -0.15) is 0 Å². The Labute approximate surface area is 136 Å². The van der Waals surface area contributed by atoms with Crippen LogP contribution in [0, 0.1) is 5.41 Å². The molecule has 0 fully saturated rings. The van der Waals surface area contributed by atoms with Crippen LogP contribution in [0.25, 0.3) is 0 Å². The number of nitrogens with one attached hydrogen (secondary N) is 2. The van der Waals surface area contributed by atoms with Gasteiger partial charge in [0.05, 0.1) is 12.1 Å². The predicted molar refractivity (Wildman–Crippen MR) is 88.3 cm³/mol. The summed E-state index contributed by atoms with van der Waals surface area (Å²) in [7, 11) is 1.53. The third kappa shape index (κ3) is 5.93. The summed E-state index contributed by atoms with van der Waals surface area (Å²) in [5.41, 5.74) is 0.205. The molecule has 0 aliphatic carbocycles. The van der Waals surface area contributed by atoms with E-state index in [1.54, 1.807) is 18.2 Å². The summed E-state index contributed by atoms with van der Waals surface area (Å²) in [4.78, 5) is 23.5. The zero-order chi connectivity index (χ0) is 16.8. The fourth-order valence-electron chi connectivity index (χ4n) is 1.68. The van der Waals surface area contributed by atoms with Gasteiger partial charge in [0.15, 0.2) is 0 Å². The lowest BCUT2D eigenvalue weighted by molar-refractivity contribution is -0.128. The summed E-state index contributed by atoms with van der Waals surface area (Å²) < 4.78 is 5.05. The van der Waals surface area contributed by atoms with E-state index in [1.165, 1.54) is 7.11 Å². The van der Waals surface area contributed by atoms with Crippen LogP contribution in [0.5, 0.6) is 5.75 Å². The summed E-state index contributed by atoms with van der Waals surface area (Å²) in [6.07, 6.45) is 0.908. The Bertz CT molecular complexity index is 539. The van der Waals surface area contributed by atoms with Crippen molar-refractivity contribution >= 4 is 29.1 Å². The van der Waals surface area contributed by atoms with Crippen molar-refractivity contribution < 1.29 is 14.3 Å². The standard InChI is InChI=1S/C16H23ClN2O3/c1-16(2,3)15(21)18-9-5-6-14(20)19-11-7-8-13(22-4)12(17)10-11/h7-8,10H,5-6,9H2,1-4H3,(H,18,21)(H,19,20). The van der Waals surface area contributed by atoms with Crippen molar-refractivity contribution in [3.05, 3.63) is 23.2 Å². The summed E-state index contributed by atoms with van der Waals surface area (Å²) in [5, 5.41) is 6.01. The minimum atomic E-state index is -0.415. The van der Waals surface area contributed by atoms with E-state index in [1.807, 2.05) is 20.8 Å². The normalized spacial score (nSPS) is 11.0. The largest absolute Gasteiger partial charge is 0.495 e. The van der Waals surface area contributed by atoms with Gasteiger partial charge in [-0.15, -0.1) is 0 Å². The average molecular weight is 327 g/mol. The first-order valence-corrected chi connectivity index (χ1v) is 7.53. The fourth-order valence-corrected chi connectivity index (χ4v) is 1.94. The zero-order valence-corrected chi connectivity index (χ0v) is 14.2. The van der Waals surface area contributed by atoms with Crippen molar-refractivity contribution in [1.82, 2.24) is 5.32 Å². The maximum Gasteiger partial charge on any atom is 0.225 e. The van der Waals surface area contributed by atoms with Crippen molar-refractivity contribution in [3.63, 3.8) is 0 Å². The quantitative estimate of drug-likeness (QED) is 0.789. The number of methoxy groups -OCH3 is 1. The third-order valence-corrected chi connectivity index (χ3v) is 3.28. The number of hydrogen-bond donors (Lipinski definition) is 2. The Morgan fingerprint density at radius 3 is 2.50 bits per heavy atom. The second kappa shape index (κ2) is 8.03. The van der Waals surface area contributed by atoms with Crippen LogP contribution in [-0.4, -0.2) is 25.5 Å². The zero-order valence-electron chi connectivity index (χ0n) is 13.5. The summed E-state index contributed by atoms with van der Waals surface area (Å²) in [5.74, 6) is 0.422. The molecule has 0 aliphatic rings. The number of carbonyl (C=O) groups is 2. The van der Waals surface area contributed by atoms with Gasteiger partial charge in [-0.05, 0) is 24.6 Å². The molecule has 0 aliphatic heterocycles. The van der Waals surface area contributed by atoms with Crippen LogP contribution in [0.15, 0.2) is 18.2 Å². The number of halogens is 1. The Kier molecular flexibility index (Phi) is 6.68. The van der Waals surface area contributed by atoms with Crippen LogP contribution in [0.3, 0.4) is 0 Å². The van der Waals surface area contributed by atoms with Gasteiger partial charge in [0.2, 0.25) is 11.8 Å². The van der Waals surface area contributed by atoms with E-state index < -0.39 is 5.41 Å². The second-order valence-corrected chi connectivity index (χ2v) is 6.41. The molecule has 2 N–H and O–H groups in total. The molecule has 5 nitrogen and oxygen atoms in total. The number of benzene rings is 1. The summed E-state index contributed by atoms with van der Waals surface area (Å²) >= 11 is 5.99. The molecule has 0 aromatic heterocycles. The smallest absolute Gasteiger partial charge is 0.225 e. The van der Waals surface area contributed by atoms with E-state index in [4.69, 9.17) is 16.3 Å². The Morgan fingerprint density at radius 2 is 1.95 bits per heavy atom. The maximum atomic E-state index is 11.8. The molecular weight excluding hydrogens is 304 g/mol. The van der Waals surface area contributed by atoms with E-state index in [0.29, 0.717) is 35.8 Å². The lowest BCUT2D eigenvalue weighted by Crippen LogP contribution is -2.35. The van der Waals surface area contributed by atoms with Gasteiger partial charge >= 0.3 is 0 Å². The monoisotopic (exact) mass is 326 g/mol. The molecule has 0 saturated carbocycles. The van der Waals surface area contributed by atoms with Crippen LogP contribution in [-0.2, 0) is 9.59 Å². The molecule has 0 radical (unpaired) electrons. The van der Waals surface area contributed by atoms with Gasteiger partial charge in [-0.25, -0.2) is 0 Å². The van der Waals surface area contributed by atoms with Gasteiger partial charge < -0.3 is 15.4 Å². The van der Waals surface area contributed by atoms with Crippen LogP contribution in [0.4, 0.5) is 5.69 Å². The molecule has 122 valence electrons. The molecule has 0 unspecified atom stereocenters. The van der Waals surface area contributed by atoms with E-state index in [-0.39, 0.29) is 11.8 Å². The van der Waals surface area contributed by atoms with Crippen molar-refractivity contribution in [2.75, 3.05) is 19.0 Å².